The predicted molar refractivity (Wildman–Crippen MR) is 32.0 cm³/mol. The van der Waals surface area contributed by atoms with Gasteiger partial charge in [-0.05, 0) is 0 Å². The quantitative estimate of drug-likeness (QED) is 0.441. The molecule has 0 aromatic carbocycles. The average molecular weight is 148 g/mol. The van der Waals surface area contributed by atoms with Crippen molar-refractivity contribution >= 4 is 6.09 Å². The van der Waals surface area contributed by atoms with Gasteiger partial charge in [-0.2, -0.15) is 5.01 Å². The molecule has 1 amide bonds. The first-order valence-corrected chi connectivity index (χ1v) is 2.56. The van der Waals surface area contributed by atoms with Gasteiger partial charge in [0.05, 0.1) is 25.5 Å². The van der Waals surface area contributed by atoms with Crippen LogP contribution in [0.25, 0.3) is 0 Å². The van der Waals surface area contributed by atoms with Crippen LogP contribution in [0.2, 0.25) is 0 Å². The van der Waals surface area contributed by atoms with Crippen LogP contribution < -0.4 is 0 Å². The number of aliphatic hydroxyl groups is 1. The highest BCUT2D eigenvalue weighted by Gasteiger charge is 2.11. The normalized spacial score (nSPS) is 8.60. The van der Waals surface area contributed by atoms with Crippen molar-refractivity contribution in [1.82, 2.24) is 5.01 Å². The number of methoxy groups -OCH3 is 1. The molecule has 10 heavy (non-hydrogen) atoms. The molecule has 0 fully saturated rings. The number of hydrogen-bond donors (Lipinski definition) is 1. The topological polar surface area (TPSA) is 79.2 Å². The molecule has 0 aliphatic carbocycles. The maximum absolute atomic E-state index is 10.4. The van der Waals surface area contributed by atoms with E-state index in [1.165, 1.54) is 0 Å². The molecule has 0 aliphatic rings. The second-order valence-corrected chi connectivity index (χ2v) is 1.40. The number of aliphatic hydroxyl groups excluding tert-OH is 1. The molecule has 0 aromatic heterocycles. The Hall–Kier alpha value is -1.17. The van der Waals surface area contributed by atoms with Crippen LogP contribution in [0.3, 0.4) is 0 Å². The maximum atomic E-state index is 10.4. The van der Waals surface area contributed by atoms with Gasteiger partial charge >= 0.3 is 6.09 Å². The standard InChI is InChI=1S/C4H8N2O4/c1-10-4(8)6(5-9)2-3-7/h7H,2-3H2,1H3. The van der Waals surface area contributed by atoms with Crippen LogP contribution in [0.4, 0.5) is 4.79 Å². The van der Waals surface area contributed by atoms with Crippen LogP contribution in [0.1, 0.15) is 0 Å². The van der Waals surface area contributed by atoms with Crippen molar-refractivity contribution in [3.05, 3.63) is 4.91 Å². The number of hydrogen-bond acceptors (Lipinski definition) is 5. The van der Waals surface area contributed by atoms with Crippen molar-refractivity contribution in [2.75, 3.05) is 20.3 Å². The van der Waals surface area contributed by atoms with Crippen LogP contribution in [-0.4, -0.2) is 36.5 Å². The summed E-state index contributed by atoms with van der Waals surface area (Å²) in [6.45, 7) is -0.461. The summed E-state index contributed by atoms with van der Waals surface area (Å²) in [6.07, 6.45) is -0.871. The molecule has 0 radical (unpaired) electrons. The smallest absolute Gasteiger partial charge is 0.432 e. The number of nitroso groups, excluding NO2 is 1. The number of rotatable bonds is 3. The van der Waals surface area contributed by atoms with Gasteiger partial charge in [-0.3, -0.25) is 0 Å². The number of nitrogens with zero attached hydrogens (tertiary/aromatic N) is 2. The minimum atomic E-state index is -0.871. The average Bonchev–Trinajstić information content (AvgIpc) is 1.99. The van der Waals surface area contributed by atoms with Gasteiger partial charge < -0.3 is 9.84 Å². The third-order valence-electron chi connectivity index (χ3n) is 0.796. The highest BCUT2D eigenvalue weighted by Crippen LogP contribution is 1.91. The molecule has 0 rings (SSSR count). The summed E-state index contributed by atoms with van der Waals surface area (Å²) >= 11 is 0. The second kappa shape index (κ2) is 4.68. The van der Waals surface area contributed by atoms with Gasteiger partial charge in [-0.15, -0.1) is 4.91 Å². The summed E-state index contributed by atoms with van der Waals surface area (Å²) in [4.78, 5) is 20.2. The van der Waals surface area contributed by atoms with Crippen molar-refractivity contribution in [2.45, 2.75) is 0 Å². The Bertz CT molecular complexity index is 126. The molecular weight excluding hydrogens is 140 g/mol. The van der Waals surface area contributed by atoms with Gasteiger partial charge in [0.2, 0.25) is 0 Å². The summed E-state index contributed by atoms with van der Waals surface area (Å²) in [7, 11) is 1.12. The fourth-order valence-electron chi connectivity index (χ4n) is 0.366. The fraction of sp³-hybridized carbons (Fsp3) is 0.750. The molecule has 0 unspecified atom stereocenters. The lowest BCUT2D eigenvalue weighted by Crippen LogP contribution is -2.27. The molecule has 0 heterocycles. The van der Waals surface area contributed by atoms with Crippen LogP contribution >= 0.6 is 0 Å². The first kappa shape index (κ1) is 8.83. The van der Waals surface area contributed by atoms with Crippen LogP contribution in [0, 0.1) is 4.91 Å². The van der Waals surface area contributed by atoms with E-state index in [0.717, 1.165) is 7.11 Å². The molecule has 0 aliphatic heterocycles. The van der Waals surface area contributed by atoms with Crippen molar-refractivity contribution in [1.29, 1.82) is 0 Å². The molecule has 6 nitrogen and oxygen atoms in total. The Morgan fingerprint density at radius 2 is 2.40 bits per heavy atom. The SMILES string of the molecule is COC(=O)N(CCO)N=O. The molecule has 0 saturated carbocycles. The first-order chi connectivity index (χ1) is 4.76. The van der Waals surface area contributed by atoms with E-state index in [9.17, 15) is 9.70 Å². The van der Waals surface area contributed by atoms with E-state index in [-0.39, 0.29) is 13.2 Å². The Kier molecular flexibility index (Phi) is 4.14. The minimum absolute atomic E-state index is 0.143. The predicted octanol–water partition coefficient (Wildman–Crippen LogP) is -0.272. The summed E-state index contributed by atoms with van der Waals surface area (Å²) in [5.74, 6) is 0. The lowest BCUT2D eigenvalue weighted by Gasteiger charge is -2.08. The zero-order chi connectivity index (χ0) is 7.98. The molecule has 0 atom stereocenters. The molecule has 1 N–H and O–H groups in total. The van der Waals surface area contributed by atoms with Gasteiger partial charge in [-0.1, -0.05) is 0 Å². The molecule has 0 spiro atoms. The van der Waals surface area contributed by atoms with Crippen molar-refractivity contribution in [2.24, 2.45) is 5.29 Å². The Morgan fingerprint density at radius 3 is 2.70 bits per heavy atom. The highest BCUT2D eigenvalue weighted by atomic mass is 16.6. The van der Waals surface area contributed by atoms with Gasteiger partial charge in [0, 0.05) is 0 Å². The van der Waals surface area contributed by atoms with E-state index < -0.39 is 6.09 Å². The van der Waals surface area contributed by atoms with Crippen molar-refractivity contribution in [3.63, 3.8) is 0 Å². The molecule has 58 valence electrons. The maximum Gasteiger partial charge on any atom is 0.432 e. The Balaban J connectivity index is 3.80. The lowest BCUT2D eigenvalue weighted by molar-refractivity contribution is 0.114. The summed E-state index contributed by atoms with van der Waals surface area (Å²) in [5.41, 5.74) is 0. The van der Waals surface area contributed by atoms with Gasteiger partial charge in [0.25, 0.3) is 0 Å². The van der Waals surface area contributed by atoms with Gasteiger partial charge in [0.1, 0.15) is 0 Å². The zero-order valence-corrected chi connectivity index (χ0v) is 5.48. The molecule has 0 saturated heterocycles. The number of ether oxygens (including phenoxy) is 1. The van der Waals surface area contributed by atoms with Crippen LogP contribution in [-0.2, 0) is 4.74 Å². The van der Waals surface area contributed by atoms with E-state index in [1.807, 2.05) is 0 Å². The second-order valence-electron chi connectivity index (χ2n) is 1.40. The fourth-order valence-corrected chi connectivity index (χ4v) is 0.366. The van der Waals surface area contributed by atoms with Crippen molar-refractivity contribution in [3.8, 4) is 0 Å². The summed E-state index contributed by atoms with van der Waals surface area (Å²) in [6, 6.07) is 0. The molecular formula is C4H8N2O4. The van der Waals surface area contributed by atoms with Crippen molar-refractivity contribution < 1.29 is 14.6 Å². The number of amides is 1. The Morgan fingerprint density at radius 1 is 1.80 bits per heavy atom. The van der Waals surface area contributed by atoms with Crippen LogP contribution in [0.15, 0.2) is 5.29 Å². The highest BCUT2D eigenvalue weighted by molar-refractivity contribution is 5.66. The third-order valence-corrected chi connectivity index (χ3v) is 0.796. The zero-order valence-electron chi connectivity index (χ0n) is 5.48. The number of carbonyl (C=O) groups excluding carboxylic acids is 1. The minimum Gasteiger partial charge on any atom is -0.451 e. The first-order valence-electron chi connectivity index (χ1n) is 2.56. The lowest BCUT2D eigenvalue weighted by atomic mass is 10.7. The van der Waals surface area contributed by atoms with E-state index in [0.29, 0.717) is 5.01 Å². The molecule has 6 heteroatoms. The van der Waals surface area contributed by atoms with Gasteiger partial charge in [-0.25, -0.2) is 4.79 Å². The van der Waals surface area contributed by atoms with E-state index >= 15 is 0 Å². The summed E-state index contributed by atoms with van der Waals surface area (Å²) in [5, 5.41) is 11.0. The van der Waals surface area contributed by atoms with E-state index in [1.54, 1.807) is 0 Å². The number of carbonyl (C=O) groups is 1. The van der Waals surface area contributed by atoms with E-state index in [2.05, 4.69) is 10.0 Å². The third kappa shape index (κ3) is 2.40. The Labute approximate surface area is 57.3 Å². The monoisotopic (exact) mass is 148 g/mol. The van der Waals surface area contributed by atoms with E-state index in [4.69, 9.17) is 5.11 Å². The summed E-state index contributed by atoms with van der Waals surface area (Å²) < 4.78 is 4.14. The largest absolute Gasteiger partial charge is 0.451 e. The molecule has 0 bridgehead atoms. The van der Waals surface area contributed by atoms with Gasteiger partial charge in [0.15, 0.2) is 0 Å². The molecule has 0 aromatic rings. The van der Waals surface area contributed by atoms with Crippen LogP contribution in [0.5, 0.6) is 0 Å².